The fourth-order valence-electron chi connectivity index (χ4n) is 6.36. The van der Waals surface area contributed by atoms with Crippen molar-refractivity contribution in [1.82, 2.24) is 0 Å². The molecule has 322 valence electrons. The molecule has 21 nitrogen and oxygen atoms in total. The van der Waals surface area contributed by atoms with E-state index < -0.39 is 129 Å². The van der Waals surface area contributed by atoms with Gasteiger partial charge in [-0.15, -0.1) is 0 Å². The fourth-order valence-corrected chi connectivity index (χ4v) is 6.36. The van der Waals surface area contributed by atoms with E-state index in [0.29, 0.717) is 5.56 Å². The van der Waals surface area contributed by atoms with Crippen molar-refractivity contribution in [1.29, 1.82) is 0 Å². The van der Waals surface area contributed by atoms with Gasteiger partial charge < -0.3 is 94.1 Å². The zero-order chi connectivity index (χ0) is 42.4. The van der Waals surface area contributed by atoms with Gasteiger partial charge in [-0.05, 0) is 54.8 Å². The largest absolute Gasteiger partial charge is 0.504 e. The molecule has 0 amide bonds. The Bertz CT molecular complexity index is 1720. The van der Waals surface area contributed by atoms with Gasteiger partial charge in [0.15, 0.2) is 48.0 Å². The van der Waals surface area contributed by atoms with Crippen LogP contribution in [0.1, 0.15) is 25.0 Å². The highest BCUT2D eigenvalue weighted by Crippen LogP contribution is 2.33. The predicted octanol–water partition coefficient (Wildman–Crippen LogP) is -2.97. The van der Waals surface area contributed by atoms with E-state index >= 15 is 0 Å². The summed E-state index contributed by atoms with van der Waals surface area (Å²) in [5.41, 5.74) is 0.764. The molecule has 2 aromatic carbocycles. The topological polar surface area (TPSA) is 331 Å². The van der Waals surface area contributed by atoms with Gasteiger partial charge in [0.1, 0.15) is 61.0 Å². The number of phenols is 3. The molecule has 0 saturated carbocycles. The Hall–Kier alpha value is -4.04. The molecule has 0 bridgehead atoms. The van der Waals surface area contributed by atoms with Crippen molar-refractivity contribution >= 4 is 18.0 Å². The van der Waals surface area contributed by atoms with Gasteiger partial charge in [-0.25, -0.2) is 4.79 Å². The zero-order valence-corrected chi connectivity index (χ0v) is 31.1. The lowest BCUT2D eigenvalue weighted by Gasteiger charge is -2.47. The molecule has 0 unspecified atom stereocenters. The normalized spacial score (nSPS) is 35.4. The fraction of sp³-hybridized carbons (Fsp3) is 0.568. The highest BCUT2D eigenvalue weighted by Gasteiger charge is 2.53. The van der Waals surface area contributed by atoms with Crippen molar-refractivity contribution in [2.45, 2.75) is 112 Å². The summed E-state index contributed by atoms with van der Waals surface area (Å²) in [7, 11) is 0. The van der Waals surface area contributed by atoms with Crippen LogP contribution < -0.4 is 4.74 Å². The molecule has 3 heterocycles. The number of carbonyl (C=O) groups excluding carboxylic acids is 2. The van der Waals surface area contributed by atoms with E-state index in [1.807, 2.05) is 0 Å². The van der Waals surface area contributed by atoms with Gasteiger partial charge in [-0.2, -0.15) is 0 Å². The number of carbonyl (C=O) groups is 2. The van der Waals surface area contributed by atoms with Crippen LogP contribution in [0.3, 0.4) is 0 Å². The molecule has 2 aromatic rings. The Labute approximate surface area is 330 Å². The second-order valence-corrected chi connectivity index (χ2v) is 13.8. The van der Waals surface area contributed by atoms with Gasteiger partial charge in [-0.1, -0.05) is 12.1 Å². The van der Waals surface area contributed by atoms with Crippen LogP contribution in [0.5, 0.6) is 23.0 Å². The third-order valence-electron chi connectivity index (χ3n) is 9.60. The SMILES string of the molecule is CC(=O)Oc1cc(CCO[C@@H]2O[C@H](CO[C@@H]3O[C@H](CO)[C@@H](O)[C@H](O)[C@H]3O)[C@@H](OC(=O)C=Cc3ccc(O)c(O)c3)[C@H](O[C@@H]3O[C@@H](C)[C@H](O)[C@@H](O)[C@H]3O)[C@H]2O)ccc1O. The monoisotopic (exact) mass is 828 g/mol. The molecule has 3 saturated heterocycles. The van der Waals surface area contributed by atoms with Crippen molar-refractivity contribution in [2.24, 2.45) is 0 Å². The highest BCUT2D eigenvalue weighted by molar-refractivity contribution is 5.87. The third kappa shape index (κ3) is 10.8. The molecule has 3 aliphatic heterocycles. The Morgan fingerprint density at radius 3 is 2.05 bits per heavy atom. The maximum atomic E-state index is 13.3. The number of aliphatic hydroxyl groups excluding tert-OH is 8. The van der Waals surface area contributed by atoms with E-state index in [0.717, 1.165) is 19.1 Å². The van der Waals surface area contributed by atoms with Crippen LogP contribution in [0.2, 0.25) is 0 Å². The van der Waals surface area contributed by atoms with Gasteiger partial charge >= 0.3 is 11.9 Å². The summed E-state index contributed by atoms with van der Waals surface area (Å²) in [6.45, 7) is 0.837. The van der Waals surface area contributed by atoms with Crippen molar-refractivity contribution < 1.29 is 104 Å². The lowest BCUT2D eigenvalue weighted by Crippen LogP contribution is -2.65. The van der Waals surface area contributed by atoms with Crippen LogP contribution in [0.4, 0.5) is 0 Å². The molecule has 0 aromatic heterocycles. The molecule has 3 aliphatic rings. The smallest absolute Gasteiger partial charge is 0.331 e. The van der Waals surface area contributed by atoms with Crippen molar-refractivity contribution in [3.63, 3.8) is 0 Å². The second kappa shape index (κ2) is 19.8. The zero-order valence-electron chi connectivity index (χ0n) is 31.1. The van der Waals surface area contributed by atoms with Gasteiger partial charge in [0, 0.05) is 13.0 Å². The molecule has 15 atom stereocenters. The molecule has 0 aliphatic carbocycles. The minimum Gasteiger partial charge on any atom is -0.504 e. The predicted molar refractivity (Wildman–Crippen MR) is 189 cm³/mol. The van der Waals surface area contributed by atoms with Gasteiger partial charge in [-0.3, -0.25) is 4.79 Å². The number of rotatable bonds is 14. The van der Waals surface area contributed by atoms with Crippen LogP contribution in [0, 0.1) is 0 Å². The Morgan fingerprint density at radius 1 is 0.707 bits per heavy atom. The molecule has 5 rings (SSSR count). The summed E-state index contributed by atoms with van der Waals surface area (Å²) in [6.07, 6.45) is -22.9. The maximum absolute atomic E-state index is 13.3. The third-order valence-corrected chi connectivity index (χ3v) is 9.60. The number of aromatic hydroxyl groups is 3. The highest BCUT2D eigenvalue weighted by atomic mass is 16.8. The van der Waals surface area contributed by atoms with E-state index in [-0.39, 0.29) is 30.1 Å². The first kappa shape index (κ1) is 45.1. The van der Waals surface area contributed by atoms with Crippen molar-refractivity contribution in [2.75, 3.05) is 19.8 Å². The van der Waals surface area contributed by atoms with Gasteiger partial charge in [0.2, 0.25) is 0 Å². The molecule has 0 radical (unpaired) electrons. The minimum absolute atomic E-state index is 0.0841. The van der Waals surface area contributed by atoms with E-state index in [9.17, 15) is 65.8 Å². The summed E-state index contributed by atoms with van der Waals surface area (Å²) in [6, 6.07) is 7.87. The Morgan fingerprint density at radius 2 is 1.36 bits per heavy atom. The van der Waals surface area contributed by atoms with Gasteiger partial charge in [0.25, 0.3) is 0 Å². The first-order valence-electron chi connectivity index (χ1n) is 18.1. The van der Waals surface area contributed by atoms with Crippen LogP contribution in [0.25, 0.3) is 6.08 Å². The van der Waals surface area contributed by atoms with E-state index in [1.54, 1.807) is 0 Å². The average Bonchev–Trinajstić information content (AvgIpc) is 3.18. The first-order chi connectivity index (χ1) is 27.5. The van der Waals surface area contributed by atoms with Gasteiger partial charge in [0.05, 0.1) is 25.9 Å². The first-order valence-corrected chi connectivity index (χ1v) is 18.1. The number of phenolic OH excluding ortho intramolecular Hbond substituents is 3. The number of hydrogen-bond donors (Lipinski definition) is 11. The lowest BCUT2D eigenvalue weighted by atomic mass is 9.96. The molecule has 58 heavy (non-hydrogen) atoms. The van der Waals surface area contributed by atoms with E-state index in [1.165, 1.54) is 43.3 Å². The van der Waals surface area contributed by atoms with Crippen molar-refractivity contribution in [3.8, 4) is 23.0 Å². The summed E-state index contributed by atoms with van der Waals surface area (Å²) < 4.78 is 45.4. The van der Waals surface area contributed by atoms with Crippen LogP contribution in [-0.4, -0.2) is 180 Å². The number of hydrogen-bond acceptors (Lipinski definition) is 21. The molecule has 0 spiro atoms. The Balaban J connectivity index is 1.44. The Kier molecular flexibility index (Phi) is 15.4. The maximum Gasteiger partial charge on any atom is 0.331 e. The summed E-state index contributed by atoms with van der Waals surface area (Å²) in [5, 5.41) is 114. The van der Waals surface area contributed by atoms with E-state index in [2.05, 4.69) is 0 Å². The van der Waals surface area contributed by atoms with Crippen LogP contribution in [-0.2, 0) is 49.2 Å². The summed E-state index contributed by atoms with van der Waals surface area (Å²) >= 11 is 0. The molecule has 11 N–H and O–H groups in total. The minimum atomic E-state index is -1.90. The van der Waals surface area contributed by atoms with Crippen LogP contribution >= 0.6 is 0 Å². The average molecular weight is 829 g/mol. The van der Waals surface area contributed by atoms with Crippen LogP contribution in [0.15, 0.2) is 42.5 Å². The molecular formula is C37H48O21. The molecule has 21 heteroatoms. The standard InChI is InChI=1S/C37H48O21/c1-15-26(44)28(46)31(49)37(53-15)58-34-32(50)36(51-10-9-18-4-7-20(41)22(12-18)54-16(2)39)56-24(14-52-35-30(48)29(47)27(45)23(13-38)55-35)33(34)57-25(43)8-5-17-3-6-19(40)21(42)11-17/h3-8,11-12,15,23-24,26-38,40-42,44-50H,9-10,13-14H2,1-2H3/t15-,23+,24+,26-,27+,28+,29-,30+,31+,32+,33+,34+,35+,36+,37-/m0/s1. The van der Waals surface area contributed by atoms with E-state index in [4.69, 9.17) is 37.9 Å². The molecule has 3 fully saturated rings. The number of esters is 2. The number of benzene rings is 2. The number of aliphatic hydroxyl groups is 8. The van der Waals surface area contributed by atoms with Crippen molar-refractivity contribution in [3.05, 3.63) is 53.6 Å². The number of ether oxygens (including phenoxy) is 8. The molecular weight excluding hydrogens is 780 g/mol. The lowest BCUT2D eigenvalue weighted by molar-refractivity contribution is -0.364. The quantitative estimate of drug-likeness (QED) is 0.0392. The summed E-state index contributed by atoms with van der Waals surface area (Å²) in [4.78, 5) is 24.8. The summed E-state index contributed by atoms with van der Waals surface area (Å²) in [5.74, 6) is -3.09. The second-order valence-electron chi connectivity index (χ2n) is 13.8.